The summed E-state index contributed by atoms with van der Waals surface area (Å²) in [6.07, 6.45) is 0. The summed E-state index contributed by atoms with van der Waals surface area (Å²) >= 11 is 4.41. The van der Waals surface area contributed by atoms with Crippen molar-refractivity contribution in [3.63, 3.8) is 0 Å². The number of carbonyl (C=O) groups is 1. The van der Waals surface area contributed by atoms with Gasteiger partial charge < -0.3 is 4.74 Å². The van der Waals surface area contributed by atoms with Gasteiger partial charge in [-0.2, -0.15) is 0 Å². The van der Waals surface area contributed by atoms with Crippen molar-refractivity contribution in [3.05, 3.63) is 91.1 Å². The number of halogens is 2. The molecule has 23 heavy (non-hydrogen) atoms. The van der Waals surface area contributed by atoms with Crippen molar-refractivity contribution in [2.75, 3.05) is 0 Å². The maximum atomic E-state index is 12.6. The molecule has 0 unspecified atom stereocenters. The predicted molar refractivity (Wildman–Crippen MR) is 108 cm³/mol. The molecule has 0 saturated carbocycles. The molecule has 0 radical (unpaired) electrons. The van der Waals surface area contributed by atoms with Gasteiger partial charge in [0, 0.05) is 18.3 Å². The first-order chi connectivity index (χ1) is 11.1. The fourth-order valence-corrected chi connectivity index (χ4v) is 3.20. The number of ether oxygens (including phenoxy) is 1. The van der Waals surface area contributed by atoms with Crippen LogP contribution in [0.2, 0.25) is 0 Å². The largest absolute Gasteiger partial charge is 0.457 e. The first kappa shape index (κ1) is 16.4. The lowest BCUT2D eigenvalue weighted by atomic mass is 10.0. The molecular weight excluding hydrogens is 514 g/mol. The normalized spacial score (nSPS) is 10.3. The molecule has 0 fully saturated rings. The van der Waals surface area contributed by atoms with E-state index in [0.29, 0.717) is 11.3 Å². The maximum Gasteiger partial charge on any atom is 0.194 e. The van der Waals surface area contributed by atoms with Gasteiger partial charge in [0.1, 0.15) is 11.5 Å². The Labute approximate surface area is 162 Å². The van der Waals surface area contributed by atoms with Crippen LogP contribution in [0.1, 0.15) is 15.9 Å². The average Bonchev–Trinajstić information content (AvgIpc) is 2.58. The molecule has 0 saturated heterocycles. The molecule has 0 aromatic heterocycles. The molecular formula is C19H12I2O2. The van der Waals surface area contributed by atoms with Crippen LogP contribution < -0.4 is 4.74 Å². The molecule has 0 atom stereocenters. The van der Waals surface area contributed by atoms with E-state index < -0.39 is 0 Å². The van der Waals surface area contributed by atoms with E-state index in [4.69, 9.17) is 4.74 Å². The summed E-state index contributed by atoms with van der Waals surface area (Å²) in [6.45, 7) is 0. The zero-order valence-corrected chi connectivity index (χ0v) is 16.3. The predicted octanol–water partition coefficient (Wildman–Crippen LogP) is 5.92. The van der Waals surface area contributed by atoms with Crippen LogP contribution in [0, 0.1) is 7.14 Å². The number of hydrogen-bond donors (Lipinski definition) is 0. The average molecular weight is 526 g/mol. The van der Waals surface area contributed by atoms with Crippen LogP contribution in [-0.2, 0) is 0 Å². The zero-order valence-electron chi connectivity index (χ0n) is 12.0. The molecule has 0 spiro atoms. The van der Waals surface area contributed by atoms with Gasteiger partial charge in [0.25, 0.3) is 0 Å². The standard InChI is InChI=1S/C19H12I2O2/c20-14-8-11-18(21)17(12-14)19(22)13-6-9-16(10-7-13)23-15-4-2-1-3-5-15/h1-12H. The van der Waals surface area contributed by atoms with E-state index in [1.165, 1.54) is 0 Å². The minimum Gasteiger partial charge on any atom is -0.457 e. The fourth-order valence-electron chi connectivity index (χ4n) is 2.13. The molecule has 3 rings (SSSR count). The van der Waals surface area contributed by atoms with Crippen LogP contribution in [0.3, 0.4) is 0 Å². The van der Waals surface area contributed by atoms with E-state index in [1.54, 1.807) is 12.1 Å². The van der Waals surface area contributed by atoms with Gasteiger partial charge in [-0.25, -0.2) is 0 Å². The lowest BCUT2D eigenvalue weighted by molar-refractivity contribution is 0.103. The zero-order chi connectivity index (χ0) is 16.2. The second kappa shape index (κ2) is 7.44. The third kappa shape index (κ3) is 4.11. The lowest BCUT2D eigenvalue weighted by Crippen LogP contribution is -2.04. The van der Waals surface area contributed by atoms with Crippen LogP contribution in [0.15, 0.2) is 72.8 Å². The van der Waals surface area contributed by atoms with Gasteiger partial charge in [-0.15, -0.1) is 0 Å². The number of para-hydroxylation sites is 1. The number of ketones is 1. The molecule has 2 nitrogen and oxygen atoms in total. The summed E-state index contributed by atoms with van der Waals surface area (Å²) < 4.78 is 7.76. The Balaban J connectivity index is 1.82. The van der Waals surface area contributed by atoms with Crippen molar-refractivity contribution in [2.45, 2.75) is 0 Å². The topological polar surface area (TPSA) is 26.3 Å². The van der Waals surface area contributed by atoms with Gasteiger partial charge in [0.15, 0.2) is 5.78 Å². The minimum absolute atomic E-state index is 0.0270. The Bertz CT molecular complexity index is 828. The summed E-state index contributed by atoms with van der Waals surface area (Å²) in [5, 5.41) is 0. The van der Waals surface area contributed by atoms with Crippen molar-refractivity contribution < 1.29 is 9.53 Å². The van der Waals surface area contributed by atoms with Crippen molar-refractivity contribution >= 4 is 51.0 Å². The summed E-state index contributed by atoms with van der Waals surface area (Å²) in [5.74, 6) is 1.52. The summed E-state index contributed by atoms with van der Waals surface area (Å²) in [7, 11) is 0. The minimum atomic E-state index is 0.0270. The summed E-state index contributed by atoms with van der Waals surface area (Å²) in [4.78, 5) is 12.6. The van der Waals surface area contributed by atoms with Crippen molar-refractivity contribution in [1.29, 1.82) is 0 Å². The molecule has 3 aromatic carbocycles. The van der Waals surface area contributed by atoms with Crippen LogP contribution in [-0.4, -0.2) is 5.78 Å². The number of rotatable bonds is 4. The highest BCUT2D eigenvalue weighted by Crippen LogP contribution is 2.24. The van der Waals surface area contributed by atoms with Crippen molar-refractivity contribution in [2.24, 2.45) is 0 Å². The molecule has 0 aliphatic carbocycles. The van der Waals surface area contributed by atoms with Gasteiger partial charge in [0.2, 0.25) is 0 Å². The third-order valence-electron chi connectivity index (χ3n) is 3.27. The van der Waals surface area contributed by atoms with Gasteiger partial charge in [-0.1, -0.05) is 18.2 Å². The van der Waals surface area contributed by atoms with Crippen molar-refractivity contribution in [3.8, 4) is 11.5 Å². The van der Waals surface area contributed by atoms with Gasteiger partial charge in [-0.05, 0) is 99.8 Å². The second-order valence-electron chi connectivity index (χ2n) is 4.89. The Hall–Kier alpha value is -1.41. The van der Waals surface area contributed by atoms with Crippen LogP contribution >= 0.6 is 45.2 Å². The van der Waals surface area contributed by atoms with E-state index in [0.717, 1.165) is 18.5 Å². The molecule has 4 heteroatoms. The van der Waals surface area contributed by atoms with Crippen LogP contribution in [0.25, 0.3) is 0 Å². The molecule has 0 aliphatic heterocycles. The van der Waals surface area contributed by atoms with Crippen LogP contribution in [0.4, 0.5) is 0 Å². The monoisotopic (exact) mass is 526 g/mol. The fraction of sp³-hybridized carbons (Fsp3) is 0. The Kier molecular flexibility index (Phi) is 5.32. The third-order valence-corrected chi connectivity index (χ3v) is 4.88. The molecule has 0 aliphatic rings. The number of benzene rings is 3. The Morgan fingerprint density at radius 1 is 0.783 bits per heavy atom. The van der Waals surface area contributed by atoms with E-state index in [-0.39, 0.29) is 5.78 Å². The van der Waals surface area contributed by atoms with E-state index in [9.17, 15) is 4.79 Å². The molecule has 0 amide bonds. The van der Waals surface area contributed by atoms with E-state index >= 15 is 0 Å². The molecule has 0 bridgehead atoms. The van der Waals surface area contributed by atoms with Gasteiger partial charge >= 0.3 is 0 Å². The highest BCUT2D eigenvalue weighted by atomic mass is 127. The number of hydrogen-bond acceptors (Lipinski definition) is 2. The van der Waals surface area contributed by atoms with Gasteiger partial charge in [-0.3, -0.25) is 4.79 Å². The molecule has 114 valence electrons. The number of carbonyl (C=O) groups excluding carboxylic acids is 1. The van der Waals surface area contributed by atoms with Crippen molar-refractivity contribution in [1.82, 2.24) is 0 Å². The van der Waals surface area contributed by atoms with E-state index in [1.807, 2.05) is 60.7 Å². The molecule has 0 heterocycles. The highest BCUT2D eigenvalue weighted by Gasteiger charge is 2.13. The van der Waals surface area contributed by atoms with Crippen LogP contribution in [0.5, 0.6) is 11.5 Å². The SMILES string of the molecule is O=C(c1ccc(Oc2ccccc2)cc1)c1cc(I)ccc1I. The summed E-state index contributed by atoms with van der Waals surface area (Å²) in [5.41, 5.74) is 1.39. The quantitative estimate of drug-likeness (QED) is 0.312. The Morgan fingerprint density at radius 3 is 2.13 bits per heavy atom. The maximum absolute atomic E-state index is 12.6. The van der Waals surface area contributed by atoms with E-state index in [2.05, 4.69) is 45.2 Å². The smallest absolute Gasteiger partial charge is 0.194 e. The first-order valence-electron chi connectivity index (χ1n) is 6.96. The lowest BCUT2D eigenvalue weighted by Gasteiger charge is -2.07. The molecule has 0 N–H and O–H groups in total. The molecule has 3 aromatic rings. The second-order valence-corrected chi connectivity index (χ2v) is 7.30. The first-order valence-corrected chi connectivity index (χ1v) is 9.12. The highest BCUT2D eigenvalue weighted by molar-refractivity contribution is 14.1. The Morgan fingerprint density at radius 2 is 1.43 bits per heavy atom. The summed E-state index contributed by atoms with van der Waals surface area (Å²) in [6, 6.07) is 22.7. The van der Waals surface area contributed by atoms with Gasteiger partial charge in [0.05, 0.1) is 0 Å².